The molecule has 0 aliphatic carbocycles. The van der Waals surface area contributed by atoms with Crippen LogP contribution in [-0.4, -0.2) is 4.57 Å². The summed E-state index contributed by atoms with van der Waals surface area (Å²) in [4.78, 5) is 0. The van der Waals surface area contributed by atoms with Gasteiger partial charge in [0.2, 0.25) is 0 Å². The lowest BCUT2D eigenvalue weighted by atomic mass is 10.1. The van der Waals surface area contributed by atoms with Crippen LogP contribution in [0.1, 0.15) is 38.1 Å². The summed E-state index contributed by atoms with van der Waals surface area (Å²) in [5.74, 6) is 0.627. The van der Waals surface area contributed by atoms with Crippen LogP contribution in [0.15, 0.2) is 30.8 Å². The smallest absolute Gasteiger partial charge is 0.0491 e. The van der Waals surface area contributed by atoms with Gasteiger partial charge in [0.1, 0.15) is 0 Å². The molecule has 0 spiro atoms. The molecule has 2 rings (SSSR count). The van der Waals surface area contributed by atoms with E-state index in [0.717, 1.165) is 0 Å². The molecule has 0 bridgehead atoms. The number of benzene rings is 1. The third-order valence-corrected chi connectivity index (χ3v) is 3.78. The average Bonchev–Trinajstić information content (AvgIpc) is 2.59. The second-order valence-electron chi connectivity index (χ2n) is 5.07. The van der Waals surface area contributed by atoms with Crippen molar-refractivity contribution in [1.29, 1.82) is 0 Å². The normalized spacial score (nSPS) is 13.2. The minimum atomic E-state index is 0.508. The number of aromatic nitrogens is 1. The van der Waals surface area contributed by atoms with E-state index in [0.29, 0.717) is 12.0 Å². The lowest BCUT2D eigenvalue weighted by Crippen LogP contribution is -2.12. The molecule has 1 heteroatoms. The standard InChI is InChI=1S/C16H21N/c1-6-14-13(5)17(12(4)11(2)3)16-10-8-7-9-15(14)16/h6-12H,1H2,2-5H3. The number of fused-ring (bicyclic) bond motifs is 1. The number of para-hydroxylation sites is 1. The van der Waals surface area contributed by atoms with Crippen molar-refractivity contribution in [3.05, 3.63) is 42.1 Å². The monoisotopic (exact) mass is 227 g/mol. The quantitative estimate of drug-likeness (QED) is 0.709. The number of hydrogen-bond acceptors (Lipinski definition) is 0. The van der Waals surface area contributed by atoms with E-state index >= 15 is 0 Å². The summed E-state index contributed by atoms with van der Waals surface area (Å²) in [5.41, 5.74) is 3.91. The molecule has 0 radical (unpaired) electrons. The maximum atomic E-state index is 3.95. The summed E-state index contributed by atoms with van der Waals surface area (Å²) in [7, 11) is 0. The van der Waals surface area contributed by atoms with Gasteiger partial charge in [0.25, 0.3) is 0 Å². The fourth-order valence-electron chi connectivity index (χ4n) is 2.50. The van der Waals surface area contributed by atoms with Crippen molar-refractivity contribution in [1.82, 2.24) is 4.57 Å². The van der Waals surface area contributed by atoms with Gasteiger partial charge in [0.15, 0.2) is 0 Å². The minimum Gasteiger partial charge on any atom is -0.341 e. The van der Waals surface area contributed by atoms with E-state index in [2.05, 4.69) is 63.1 Å². The molecular formula is C16H21N. The van der Waals surface area contributed by atoms with Gasteiger partial charge in [0, 0.05) is 28.2 Å². The first-order valence-corrected chi connectivity index (χ1v) is 6.30. The lowest BCUT2D eigenvalue weighted by Gasteiger charge is -2.21. The summed E-state index contributed by atoms with van der Waals surface area (Å²) in [5, 5.41) is 1.31. The Balaban J connectivity index is 2.78. The third-order valence-electron chi connectivity index (χ3n) is 3.78. The van der Waals surface area contributed by atoms with Crippen molar-refractivity contribution in [2.45, 2.75) is 33.7 Å². The Morgan fingerprint density at radius 1 is 1.18 bits per heavy atom. The van der Waals surface area contributed by atoms with Gasteiger partial charge in [-0.05, 0) is 25.8 Å². The van der Waals surface area contributed by atoms with Gasteiger partial charge in [-0.15, -0.1) is 0 Å². The topological polar surface area (TPSA) is 4.93 Å². The van der Waals surface area contributed by atoms with Crippen LogP contribution < -0.4 is 0 Å². The zero-order chi connectivity index (χ0) is 12.6. The first-order chi connectivity index (χ1) is 8.07. The molecule has 1 nitrogen and oxygen atoms in total. The van der Waals surface area contributed by atoms with Gasteiger partial charge in [-0.25, -0.2) is 0 Å². The van der Waals surface area contributed by atoms with E-state index in [9.17, 15) is 0 Å². The van der Waals surface area contributed by atoms with Crippen LogP contribution in [-0.2, 0) is 0 Å². The molecule has 0 aliphatic heterocycles. The Kier molecular flexibility index (Phi) is 3.10. The van der Waals surface area contributed by atoms with Gasteiger partial charge in [-0.3, -0.25) is 0 Å². The minimum absolute atomic E-state index is 0.508. The molecule has 90 valence electrons. The molecule has 0 fully saturated rings. The lowest BCUT2D eigenvalue weighted by molar-refractivity contribution is 0.412. The fraction of sp³-hybridized carbons (Fsp3) is 0.375. The molecule has 0 saturated carbocycles. The molecule has 1 aromatic carbocycles. The Labute approximate surface area is 104 Å². The van der Waals surface area contributed by atoms with Gasteiger partial charge in [-0.2, -0.15) is 0 Å². The second-order valence-corrected chi connectivity index (χ2v) is 5.07. The van der Waals surface area contributed by atoms with Crippen molar-refractivity contribution in [3.63, 3.8) is 0 Å². The van der Waals surface area contributed by atoms with Crippen molar-refractivity contribution < 1.29 is 0 Å². The van der Waals surface area contributed by atoms with Crippen LogP contribution in [0.2, 0.25) is 0 Å². The summed E-state index contributed by atoms with van der Waals surface area (Å²) in [6, 6.07) is 9.10. The molecule has 1 heterocycles. The zero-order valence-electron chi connectivity index (χ0n) is 11.2. The first kappa shape index (κ1) is 12.0. The largest absolute Gasteiger partial charge is 0.341 e. The van der Waals surface area contributed by atoms with E-state index in [1.54, 1.807) is 0 Å². The predicted octanol–water partition coefficient (Wildman–Crippen LogP) is 4.81. The molecule has 1 atom stereocenters. The zero-order valence-corrected chi connectivity index (χ0v) is 11.2. The van der Waals surface area contributed by atoms with Crippen molar-refractivity contribution in [2.75, 3.05) is 0 Å². The van der Waals surface area contributed by atoms with Crippen LogP contribution in [0.4, 0.5) is 0 Å². The van der Waals surface area contributed by atoms with Gasteiger partial charge >= 0.3 is 0 Å². The fourth-order valence-corrected chi connectivity index (χ4v) is 2.50. The summed E-state index contributed by atoms with van der Waals surface area (Å²) in [6.07, 6.45) is 1.97. The number of rotatable bonds is 3. The first-order valence-electron chi connectivity index (χ1n) is 6.30. The summed E-state index contributed by atoms with van der Waals surface area (Å²) < 4.78 is 2.44. The second kappa shape index (κ2) is 4.40. The maximum absolute atomic E-state index is 3.95. The predicted molar refractivity (Wildman–Crippen MR) is 76.3 cm³/mol. The third kappa shape index (κ3) is 1.80. The summed E-state index contributed by atoms with van der Waals surface area (Å²) in [6.45, 7) is 13.0. The van der Waals surface area contributed by atoms with E-state index < -0.39 is 0 Å². The highest BCUT2D eigenvalue weighted by atomic mass is 15.0. The SMILES string of the molecule is C=Cc1c(C)n(C(C)C(C)C)c2ccccc12. The highest BCUT2D eigenvalue weighted by molar-refractivity contribution is 5.91. The molecule has 2 aromatic rings. The number of hydrogen-bond donors (Lipinski definition) is 0. The van der Waals surface area contributed by atoms with E-state index in [4.69, 9.17) is 0 Å². The molecular weight excluding hydrogens is 206 g/mol. The van der Waals surface area contributed by atoms with E-state index in [-0.39, 0.29) is 0 Å². The molecule has 1 aromatic heterocycles. The van der Waals surface area contributed by atoms with Gasteiger partial charge < -0.3 is 4.57 Å². The molecule has 0 aliphatic rings. The Bertz CT molecular complexity index is 546. The Hall–Kier alpha value is -1.50. The van der Waals surface area contributed by atoms with Crippen molar-refractivity contribution in [2.24, 2.45) is 5.92 Å². The van der Waals surface area contributed by atoms with E-state index in [1.165, 1.54) is 22.2 Å². The molecule has 17 heavy (non-hydrogen) atoms. The van der Waals surface area contributed by atoms with Crippen LogP contribution in [0.5, 0.6) is 0 Å². The van der Waals surface area contributed by atoms with Gasteiger partial charge in [-0.1, -0.05) is 44.7 Å². The number of nitrogens with zero attached hydrogens (tertiary/aromatic N) is 1. The van der Waals surface area contributed by atoms with Crippen molar-refractivity contribution >= 4 is 17.0 Å². The van der Waals surface area contributed by atoms with Crippen LogP contribution in [0.3, 0.4) is 0 Å². The Morgan fingerprint density at radius 2 is 1.82 bits per heavy atom. The highest BCUT2D eigenvalue weighted by Crippen LogP contribution is 2.32. The van der Waals surface area contributed by atoms with E-state index in [1.807, 2.05) is 6.08 Å². The maximum Gasteiger partial charge on any atom is 0.0491 e. The molecule has 0 N–H and O–H groups in total. The molecule has 1 unspecified atom stereocenters. The summed E-state index contributed by atoms with van der Waals surface area (Å²) >= 11 is 0. The Morgan fingerprint density at radius 3 is 2.41 bits per heavy atom. The highest BCUT2D eigenvalue weighted by Gasteiger charge is 2.17. The average molecular weight is 227 g/mol. The molecule has 0 amide bonds. The van der Waals surface area contributed by atoms with Crippen LogP contribution in [0, 0.1) is 12.8 Å². The molecule has 0 saturated heterocycles. The van der Waals surface area contributed by atoms with Crippen molar-refractivity contribution in [3.8, 4) is 0 Å². The van der Waals surface area contributed by atoms with Crippen LogP contribution >= 0.6 is 0 Å². The van der Waals surface area contributed by atoms with Gasteiger partial charge in [0.05, 0.1) is 0 Å². The van der Waals surface area contributed by atoms with Crippen LogP contribution in [0.25, 0.3) is 17.0 Å².